The normalized spacial score (nSPS) is 28.8. The summed E-state index contributed by atoms with van der Waals surface area (Å²) in [6, 6.07) is 0. The van der Waals surface area contributed by atoms with E-state index in [9.17, 15) is 0 Å². The van der Waals surface area contributed by atoms with Crippen molar-refractivity contribution in [3.63, 3.8) is 0 Å². The minimum atomic E-state index is 0.150. The molecule has 2 rings (SSSR count). The van der Waals surface area contributed by atoms with Crippen LogP contribution in [0.5, 0.6) is 0 Å². The van der Waals surface area contributed by atoms with Gasteiger partial charge in [0.05, 0.1) is 5.54 Å². The van der Waals surface area contributed by atoms with Crippen molar-refractivity contribution in [3.8, 4) is 0 Å². The SMILES string of the molecule is CNC1(c2nc(C)cs2)CCCC(CC(C)C)C1. The Kier molecular flexibility index (Phi) is 4.44. The van der Waals surface area contributed by atoms with E-state index in [0.717, 1.165) is 17.5 Å². The van der Waals surface area contributed by atoms with Crippen LogP contribution in [0.4, 0.5) is 0 Å². The van der Waals surface area contributed by atoms with Crippen LogP contribution < -0.4 is 5.32 Å². The Morgan fingerprint density at radius 1 is 1.56 bits per heavy atom. The molecule has 1 aromatic heterocycles. The third kappa shape index (κ3) is 2.94. The molecule has 0 radical (unpaired) electrons. The number of nitrogens with zero attached hydrogens (tertiary/aromatic N) is 1. The summed E-state index contributed by atoms with van der Waals surface area (Å²) < 4.78 is 0. The number of aromatic nitrogens is 1. The van der Waals surface area contributed by atoms with Crippen LogP contribution in [0.1, 0.15) is 56.7 Å². The van der Waals surface area contributed by atoms with Gasteiger partial charge in [0.2, 0.25) is 0 Å². The highest BCUT2D eigenvalue weighted by Gasteiger charge is 2.38. The van der Waals surface area contributed by atoms with E-state index in [4.69, 9.17) is 4.98 Å². The van der Waals surface area contributed by atoms with Gasteiger partial charge in [0.25, 0.3) is 0 Å². The Labute approximate surface area is 115 Å². The van der Waals surface area contributed by atoms with Crippen LogP contribution in [0.2, 0.25) is 0 Å². The molecule has 0 amide bonds. The first-order chi connectivity index (χ1) is 8.55. The van der Waals surface area contributed by atoms with E-state index in [0.29, 0.717) is 0 Å². The van der Waals surface area contributed by atoms with Crippen LogP contribution in [-0.4, -0.2) is 12.0 Å². The summed E-state index contributed by atoms with van der Waals surface area (Å²) in [4.78, 5) is 4.75. The fraction of sp³-hybridized carbons (Fsp3) is 0.800. The van der Waals surface area contributed by atoms with E-state index in [2.05, 4.69) is 38.5 Å². The molecule has 2 atom stereocenters. The van der Waals surface area contributed by atoms with Gasteiger partial charge in [-0.25, -0.2) is 4.98 Å². The van der Waals surface area contributed by atoms with Gasteiger partial charge in [-0.1, -0.05) is 26.7 Å². The summed E-state index contributed by atoms with van der Waals surface area (Å²) in [5, 5.41) is 7.08. The van der Waals surface area contributed by atoms with Gasteiger partial charge in [-0.05, 0) is 45.1 Å². The van der Waals surface area contributed by atoms with Gasteiger partial charge in [-0.15, -0.1) is 11.3 Å². The molecule has 1 aliphatic rings. The van der Waals surface area contributed by atoms with Gasteiger partial charge in [0.15, 0.2) is 0 Å². The molecule has 18 heavy (non-hydrogen) atoms. The van der Waals surface area contributed by atoms with Crippen molar-refractivity contribution >= 4 is 11.3 Å². The lowest BCUT2D eigenvalue weighted by molar-refractivity contribution is 0.171. The maximum Gasteiger partial charge on any atom is 0.113 e. The molecule has 0 aliphatic heterocycles. The van der Waals surface area contributed by atoms with Crippen molar-refractivity contribution in [2.75, 3.05) is 7.05 Å². The van der Waals surface area contributed by atoms with E-state index >= 15 is 0 Å². The van der Waals surface area contributed by atoms with Crippen molar-refractivity contribution in [2.45, 2.75) is 58.4 Å². The molecular weight excluding hydrogens is 240 g/mol. The minimum absolute atomic E-state index is 0.150. The summed E-state index contributed by atoms with van der Waals surface area (Å²) >= 11 is 1.83. The van der Waals surface area contributed by atoms with Crippen LogP contribution in [0.15, 0.2) is 5.38 Å². The second kappa shape index (κ2) is 5.70. The Bertz CT molecular complexity index is 386. The molecule has 1 saturated carbocycles. The largest absolute Gasteiger partial charge is 0.308 e. The molecule has 0 saturated heterocycles. The highest BCUT2D eigenvalue weighted by Crippen LogP contribution is 2.42. The van der Waals surface area contributed by atoms with Gasteiger partial charge in [-0.2, -0.15) is 0 Å². The quantitative estimate of drug-likeness (QED) is 0.887. The number of aryl methyl sites for hydroxylation is 1. The molecular formula is C15H26N2S. The molecule has 2 nitrogen and oxygen atoms in total. The first-order valence-corrected chi connectivity index (χ1v) is 8.05. The van der Waals surface area contributed by atoms with Crippen LogP contribution in [-0.2, 0) is 5.54 Å². The summed E-state index contributed by atoms with van der Waals surface area (Å²) in [6.07, 6.45) is 6.58. The van der Waals surface area contributed by atoms with Crippen molar-refractivity contribution in [1.29, 1.82) is 0 Å². The third-order valence-corrected chi connectivity index (χ3v) is 5.33. The van der Waals surface area contributed by atoms with E-state index < -0.39 is 0 Å². The maximum atomic E-state index is 4.75. The lowest BCUT2D eigenvalue weighted by atomic mass is 9.73. The van der Waals surface area contributed by atoms with Crippen LogP contribution in [0, 0.1) is 18.8 Å². The second-order valence-corrected chi connectivity index (χ2v) is 7.08. The zero-order chi connectivity index (χ0) is 13.2. The van der Waals surface area contributed by atoms with Gasteiger partial charge in [0.1, 0.15) is 5.01 Å². The number of hydrogen-bond donors (Lipinski definition) is 1. The molecule has 1 heterocycles. The van der Waals surface area contributed by atoms with Gasteiger partial charge in [-0.3, -0.25) is 0 Å². The van der Waals surface area contributed by atoms with E-state index in [-0.39, 0.29) is 5.54 Å². The monoisotopic (exact) mass is 266 g/mol. The second-order valence-electron chi connectivity index (χ2n) is 6.22. The van der Waals surface area contributed by atoms with Gasteiger partial charge in [0, 0.05) is 11.1 Å². The standard InChI is InChI=1S/C15H26N2S/c1-11(2)8-13-6-5-7-15(9-13,16-4)14-17-12(3)10-18-14/h10-11,13,16H,5-9H2,1-4H3. The Hall–Kier alpha value is -0.410. The van der Waals surface area contributed by atoms with Crippen LogP contribution >= 0.6 is 11.3 Å². The van der Waals surface area contributed by atoms with E-state index in [1.165, 1.54) is 37.1 Å². The van der Waals surface area contributed by atoms with Crippen molar-refractivity contribution in [1.82, 2.24) is 10.3 Å². The molecule has 3 heteroatoms. The molecule has 1 fully saturated rings. The predicted octanol–water partition coefficient (Wildman–Crippen LogP) is 4.10. The summed E-state index contributed by atoms with van der Waals surface area (Å²) in [7, 11) is 2.11. The molecule has 0 aromatic carbocycles. The topological polar surface area (TPSA) is 24.9 Å². The summed E-state index contributed by atoms with van der Waals surface area (Å²) in [6.45, 7) is 6.77. The molecule has 1 N–H and O–H groups in total. The highest BCUT2D eigenvalue weighted by molar-refractivity contribution is 7.09. The lowest BCUT2D eigenvalue weighted by Crippen LogP contribution is -2.44. The number of rotatable bonds is 4. The molecule has 0 bridgehead atoms. The average Bonchev–Trinajstić information content (AvgIpc) is 2.76. The van der Waals surface area contributed by atoms with Gasteiger partial charge >= 0.3 is 0 Å². The molecule has 102 valence electrons. The maximum absolute atomic E-state index is 4.75. The Balaban J connectivity index is 2.16. The number of thiazole rings is 1. The van der Waals surface area contributed by atoms with Crippen molar-refractivity contribution < 1.29 is 0 Å². The van der Waals surface area contributed by atoms with Crippen molar-refractivity contribution in [2.24, 2.45) is 11.8 Å². The van der Waals surface area contributed by atoms with Crippen LogP contribution in [0.3, 0.4) is 0 Å². The third-order valence-electron chi connectivity index (χ3n) is 4.16. The average molecular weight is 266 g/mol. The summed E-state index contributed by atoms with van der Waals surface area (Å²) in [5.74, 6) is 1.66. The molecule has 0 spiro atoms. The lowest BCUT2D eigenvalue weighted by Gasteiger charge is -2.40. The van der Waals surface area contributed by atoms with Gasteiger partial charge < -0.3 is 5.32 Å². The van der Waals surface area contributed by atoms with E-state index in [1.54, 1.807) is 0 Å². The first-order valence-electron chi connectivity index (χ1n) is 7.17. The minimum Gasteiger partial charge on any atom is -0.308 e. The Morgan fingerprint density at radius 3 is 2.89 bits per heavy atom. The molecule has 1 aromatic rings. The highest BCUT2D eigenvalue weighted by atomic mass is 32.1. The number of nitrogens with one attached hydrogen (secondary N) is 1. The summed E-state index contributed by atoms with van der Waals surface area (Å²) in [5.41, 5.74) is 1.31. The van der Waals surface area contributed by atoms with Crippen molar-refractivity contribution in [3.05, 3.63) is 16.1 Å². The molecule has 1 aliphatic carbocycles. The zero-order valence-electron chi connectivity index (χ0n) is 12.1. The van der Waals surface area contributed by atoms with E-state index in [1.807, 2.05) is 11.3 Å². The Morgan fingerprint density at radius 2 is 2.33 bits per heavy atom. The smallest absolute Gasteiger partial charge is 0.113 e. The van der Waals surface area contributed by atoms with Crippen LogP contribution in [0.25, 0.3) is 0 Å². The zero-order valence-corrected chi connectivity index (χ0v) is 12.9. The fourth-order valence-electron chi connectivity index (χ4n) is 3.36. The fourth-order valence-corrected chi connectivity index (χ4v) is 4.40. The first kappa shape index (κ1) is 14.0. The molecule has 2 unspecified atom stereocenters. The number of hydrogen-bond acceptors (Lipinski definition) is 3. The predicted molar refractivity (Wildman–Crippen MR) is 79.0 cm³/mol.